The van der Waals surface area contributed by atoms with Crippen LogP contribution in [-0.4, -0.2) is 240 Å². The second-order valence-corrected chi connectivity index (χ2v) is 26.2. The van der Waals surface area contributed by atoms with Crippen molar-refractivity contribution in [2.24, 2.45) is 23.7 Å². The fourth-order valence-electron chi connectivity index (χ4n) is 11.5. The Kier molecular flexibility index (Phi) is 31.8. The number of carboxylic acid groups (broad SMARTS) is 1. The van der Waals surface area contributed by atoms with E-state index in [1.54, 1.807) is 61.3 Å². The number of nitrogens with one attached hydrogen (secondary N) is 3. The minimum atomic E-state index is -1.40. The summed E-state index contributed by atoms with van der Waals surface area (Å²) in [7, 11) is 12.0. The van der Waals surface area contributed by atoms with Crippen molar-refractivity contribution < 1.29 is 57.8 Å². The van der Waals surface area contributed by atoms with Crippen LogP contribution >= 0.6 is 0 Å². The average molecular weight is 1270 g/mol. The highest BCUT2D eigenvalue weighted by atomic mass is 16.4. The molecule has 1 heterocycles. The van der Waals surface area contributed by atoms with E-state index in [4.69, 9.17) is 0 Å². The van der Waals surface area contributed by atoms with E-state index in [2.05, 4.69) is 16.0 Å². The zero-order valence-electron chi connectivity index (χ0n) is 57.7. The fourth-order valence-corrected chi connectivity index (χ4v) is 11.5. The Bertz CT molecular complexity index is 2740. The highest BCUT2D eigenvalue weighted by molar-refractivity contribution is 5.99. The molecule has 508 valence electrons. The third-order valence-electron chi connectivity index (χ3n) is 17.8. The number of nitrogens with zero attached hydrogens (tertiary/aromatic N) is 8. The number of hydrogen-bond donors (Lipinski definition) is 4. The summed E-state index contributed by atoms with van der Waals surface area (Å²) in [5.74, 6) is -7.47. The standard InChI is InChI=1S/C68H109N11O12/c1-19-46(8)59(71-57(80)33-34-69-11)68(91)78(18)53(37-43(2)3)64(87)72(12)47(9)61(84)76(16)55(39-45(6)7)67(90)77(17)56(41-50-31-25-21-26-32-50)65(88)73(13)48(10)62(85)75(15)54(38-44(4)5)66(89)74(14)52(40-49-29-23-20-24-30-49)60(83)70-51(42-58(81)82)63(86)79-35-27-22-28-36-79/h20-21,23-26,29-32,43-48,51-56,59,69H,19,22,27-28,33-42H2,1-18H3,(H,70,83)(H,71,80)(H,81,82)/t46-,47-,48-,51-,52?,53-,54-,55-,56-,59-/m0/s1. The van der Waals surface area contributed by atoms with Crippen LogP contribution in [0.25, 0.3) is 0 Å². The largest absolute Gasteiger partial charge is 0.481 e. The highest BCUT2D eigenvalue weighted by Gasteiger charge is 2.44. The zero-order chi connectivity index (χ0) is 68.7. The molecule has 0 saturated carbocycles. The Morgan fingerprint density at radius 3 is 1.25 bits per heavy atom. The van der Waals surface area contributed by atoms with Gasteiger partial charge in [0.25, 0.3) is 0 Å². The second kappa shape index (κ2) is 37.2. The number of likely N-dealkylation sites (tertiary alicyclic amines) is 1. The average Bonchev–Trinajstić information content (AvgIpc) is 1.25. The Morgan fingerprint density at radius 2 is 0.857 bits per heavy atom. The molecule has 10 atom stereocenters. The first-order valence-corrected chi connectivity index (χ1v) is 32.4. The minimum absolute atomic E-state index is 0.00474. The number of aliphatic carboxylic acids is 1. The van der Waals surface area contributed by atoms with Gasteiger partial charge in [0.2, 0.25) is 59.1 Å². The number of rotatable bonds is 35. The molecule has 0 bridgehead atoms. The van der Waals surface area contributed by atoms with Gasteiger partial charge in [-0.25, -0.2) is 0 Å². The van der Waals surface area contributed by atoms with Crippen molar-refractivity contribution in [1.29, 1.82) is 0 Å². The molecule has 1 aliphatic rings. The molecule has 4 N–H and O–H groups in total. The van der Waals surface area contributed by atoms with Crippen molar-refractivity contribution in [1.82, 2.24) is 55.1 Å². The second-order valence-electron chi connectivity index (χ2n) is 26.2. The number of hydrogen-bond acceptors (Lipinski definition) is 12. The van der Waals surface area contributed by atoms with Gasteiger partial charge in [-0.1, -0.05) is 122 Å². The van der Waals surface area contributed by atoms with Crippen molar-refractivity contribution in [3.8, 4) is 0 Å². The van der Waals surface area contributed by atoms with Crippen LogP contribution in [0.5, 0.6) is 0 Å². The van der Waals surface area contributed by atoms with Crippen molar-refractivity contribution in [3.05, 3.63) is 71.8 Å². The normalized spacial score (nSPS) is 15.7. The molecule has 1 fully saturated rings. The van der Waals surface area contributed by atoms with Crippen LogP contribution in [-0.2, 0) is 65.6 Å². The van der Waals surface area contributed by atoms with Crippen LogP contribution in [0.4, 0.5) is 0 Å². The number of piperidine rings is 1. The van der Waals surface area contributed by atoms with Crippen LogP contribution in [0.2, 0.25) is 0 Å². The Hall–Kier alpha value is -7.43. The third-order valence-corrected chi connectivity index (χ3v) is 17.8. The Morgan fingerprint density at radius 1 is 0.484 bits per heavy atom. The van der Waals surface area contributed by atoms with Gasteiger partial charge in [0.15, 0.2) is 0 Å². The van der Waals surface area contributed by atoms with Crippen molar-refractivity contribution >= 4 is 65.0 Å². The predicted molar refractivity (Wildman–Crippen MR) is 350 cm³/mol. The van der Waals surface area contributed by atoms with E-state index < -0.39 is 120 Å². The number of amides is 10. The monoisotopic (exact) mass is 1270 g/mol. The molecule has 0 radical (unpaired) electrons. The molecule has 0 aromatic heterocycles. The lowest BCUT2D eigenvalue weighted by atomic mass is 9.95. The fraction of sp³-hybridized carbons (Fsp3) is 0.662. The van der Waals surface area contributed by atoms with Gasteiger partial charge >= 0.3 is 5.97 Å². The first-order valence-electron chi connectivity index (χ1n) is 32.4. The number of carboxylic acids is 1. The molecule has 10 amide bonds. The molecular weight excluding hydrogens is 1160 g/mol. The number of likely N-dealkylation sites (N-methyl/N-ethyl adjacent to an activating group) is 7. The van der Waals surface area contributed by atoms with Gasteiger partial charge in [-0.2, -0.15) is 0 Å². The summed E-state index contributed by atoms with van der Waals surface area (Å²) in [5, 5.41) is 18.4. The molecular formula is C68H109N11O12. The van der Waals surface area contributed by atoms with Crippen LogP contribution < -0.4 is 16.0 Å². The molecule has 0 aliphatic carbocycles. The molecule has 1 saturated heterocycles. The molecule has 1 aliphatic heterocycles. The topological polar surface area (TPSA) is 270 Å². The van der Waals surface area contributed by atoms with E-state index in [0.717, 1.165) is 19.3 Å². The molecule has 2 aromatic carbocycles. The summed E-state index contributed by atoms with van der Waals surface area (Å²) in [6, 6.07) is 7.43. The predicted octanol–water partition coefficient (Wildman–Crippen LogP) is 4.55. The summed E-state index contributed by atoms with van der Waals surface area (Å²) in [6.07, 6.45) is 2.99. The molecule has 0 spiro atoms. The van der Waals surface area contributed by atoms with Gasteiger partial charge in [-0.15, -0.1) is 0 Å². The van der Waals surface area contributed by atoms with Gasteiger partial charge < -0.3 is 60.3 Å². The maximum absolute atomic E-state index is 15.3. The first kappa shape index (κ1) is 77.8. The smallest absolute Gasteiger partial charge is 0.305 e. The van der Waals surface area contributed by atoms with Crippen LogP contribution in [0.3, 0.4) is 0 Å². The maximum Gasteiger partial charge on any atom is 0.305 e. The molecule has 23 nitrogen and oxygen atoms in total. The van der Waals surface area contributed by atoms with E-state index in [0.29, 0.717) is 37.2 Å². The minimum Gasteiger partial charge on any atom is -0.481 e. The van der Waals surface area contributed by atoms with E-state index in [9.17, 15) is 43.5 Å². The summed E-state index contributed by atoms with van der Waals surface area (Å²) < 4.78 is 0. The van der Waals surface area contributed by atoms with Crippen molar-refractivity contribution in [2.75, 3.05) is 76.0 Å². The molecule has 2 aromatic rings. The first-order chi connectivity index (χ1) is 42.7. The lowest BCUT2D eigenvalue weighted by molar-refractivity contribution is -0.156. The maximum atomic E-state index is 15.3. The van der Waals surface area contributed by atoms with E-state index in [1.165, 1.54) is 90.6 Å². The van der Waals surface area contributed by atoms with Gasteiger partial charge in [0.1, 0.15) is 54.4 Å². The lowest BCUT2D eigenvalue weighted by Crippen LogP contribution is -2.61. The number of benzene rings is 2. The number of carbonyl (C=O) groups is 11. The summed E-state index contributed by atoms with van der Waals surface area (Å²) >= 11 is 0. The molecule has 23 heteroatoms. The Labute approximate surface area is 541 Å². The van der Waals surface area contributed by atoms with Crippen molar-refractivity contribution in [2.45, 2.75) is 194 Å². The zero-order valence-corrected chi connectivity index (χ0v) is 57.7. The lowest BCUT2D eigenvalue weighted by Gasteiger charge is -2.40. The van der Waals surface area contributed by atoms with Gasteiger partial charge in [-0.05, 0) is 94.2 Å². The van der Waals surface area contributed by atoms with Crippen LogP contribution in [0.15, 0.2) is 60.7 Å². The Balaban J connectivity index is 2.01. The van der Waals surface area contributed by atoms with E-state index in [-0.39, 0.29) is 68.1 Å². The van der Waals surface area contributed by atoms with E-state index in [1.807, 2.05) is 73.6 Å². The number of carbonyl (C=O) groups excluding carboxylic acids is 10. The summed E-state index contributed by atoms with van der Waals surface area (Å²) in [4.78, 5) is 168. The SMILES string of the molecule is CC[C@H](C)[C@H](NC(=O)CCNC)C(=O)N(C)[C@@H](CC(C)C)C(=O)N(C)[C@@H](C)C(=O)N(C)[C@@H](CC(C)C)C(=O)N(C)[C@@H](Cc1ccccc1)C(=O)N(C)[C@@H](C)C(=O)N(C)[C@@H](CC(C)C)C(=O)N(C)C(Cc1ccccc1)C(=O)N[C@@H](CC(=O)O)C(=O)N1CCCCC1. The van der Waals surface area contributed by atoms with Crippen LogP contribution in [0.1, 0.15) is 138 Å². The van der Waals surface area contributed by atoms with Crippen LogP contribution in [0, 0.1) is 23.7 Å². The molecule has 1 unspecified atom stereocenters. The highest BCUT2D eigenvalue weighted by Crippen LogP contribution is 2.25. The van der Waals surface area contributed by atoms with Crippen molar-refractivity contribution in [3.63, 3.8) is 0 Å². The van der Waals surface area contributed by atoms with Gasteiger partial charge in [0, 0.05) is 88.2 Å². The van der Waals surface area contributed by atoms with E-state index >= 15 is 14.4 Å². The summed E-state index contributed by atoms with van der Waals surface area (Å²) in [6.45, 7) is 19.5. The van der Waals surface area contributed by atoms with Gasteiger partial charge in [-0.3, -0.25) is 52.7 Å². The van der Waals surface area contributed by atoms with Gasteiger partial charge in [0.05, 0.1) is 6.42 Å². The summed E-state index contributed by atoms with van der Waals surface area (Å²) in [5.41, 5.74) is 1.37. The molecule has 91 heavy (non-hydrogen) atoms. The third kappa shape index (κ3) is 22.4. The molecule has 3 rings (SSSR count). The quantitative estimate of drug-likeness (QED) is 0.0739.